The van der Waals surface area contributed by atoms with Crippen LogP contribution in [0.3, 0.4) is 0 Å². The zero-order valence-corrected chi connectivity index (χ0v) is 36.6. The summed E-state index contributed by atoms with van der Waals surface area (Å²) in [6.45, 7) is 1.54. The van der Waals surface area contributed by atoms with E-state index in [0.29, 0.717) is 29.0 Å². The predicted molar refractivity (Wildman–Crippen MR) is 227 cm³/mol. The fourth-order valence-corrected chi connectivity index (χ4v) is 7.74. The third-order valence-electron chi connectivity index (χ3n) is 10.7. The van der Waals surface area contributed by atoms with Gasteiger partial charge in [0.05, 0.1) is 63.4 Å². The highest BCUT2D eigenvalue weighted by Gasteiger charge is 2.46. The number of nitrogens with zero attached hydrogens (tertiary/aromatic N) is 5. The number of anilines is 1. The summed E-state index contributed by atoms with van der Waals surface area (Å²) in [7, 11) is -2.22. The van der Waals surface area contributed by atoms with Crippen LogP contribution < -0.4 is 10.5 Å². The fourth-order valence-electron chi connectivity index (χ4n) is 6.93. The summed E-state index contributed by atoms with van der Waals surface area (Å²) in [6.07, 6.45) is 16.5. The number of aromatic nitrogens is 3. The van der Waals surface area contributed by atoms with Gasteiger partial charge in [0, 0.05) is 19.3 Å². The standard InChI is InChI=1S/C43H67N6O10P/c1-4-5-6-7-8-9-10-11-12-13-14-15-16-17-18-19-26-56-30-36(57-29-35-21-20-34(28-45)27-39(35)54-2)31-58-60(52,53)59-32-43(55-3,24-25-44)41(51)40(50)37-22-23-38-42(46)47-33-48-49(37)38/h20-23,27,33,36,40-41,50-51H,4-19,24,26,29-32H2,1-3H3,(H,52,53)(H2,46,47,48)/t36-,40+,41+,43-/m1/s1. The van der Waals surface area contributed by atoms with E-state index in [-0.39, 0.29) is 24.7 Å². The molecule has 1 aromatic carbocycles. The summed E-state index contributed by atoms with van der Waals surface area (Å²) < 4.78 is 48.1. The van der Waals surface area contributed by atoms with Crippen molar-refractivity contribution in [2.45, 2.75) is 147 Å². The average Bonchev–Trinajstić information content (AvgIpc) is 3.70. The van der Waals surface area contributed by atoms with E-state index in [0.717, 1.165) is 19.3 Å². The van der Waals surface area contributed by atoms with Crippen molar-refractivity contribution in [2.75, 3.05) is 46.4 Å². The van der Waals surface area contributed by atoms with Crippen LogP contribution in [-0.4, -0.2) is 88.2 Å². The summed E-state index contributed by atoms with van der Waals surface area (Å²) in [5, 5.41) is 45.5. The Kier molecular flexibility index (Phi) is 23.7. The number of methoxy groups -OCH3 is 2. The largest absolute Gasteiger partial charge is 0.496 e. The fraction of sp³-hybridized carbons (Fsp3) is 0.674. The Bertz CT molecular complexity index is 1800. The zero-order chi connectivity index (χ0) is 43.6. The van der Waals surface area contributed by atoms with Crippen molar-refractivity contribution in [1.29, 1.82) is 10.5 Å². The van der Waals surface area contributed by atoms with E-state index < -0.39 is 51.4 Å². The van der Waals surface area contributed by atoms with Crippen LogP contribution >= 0.6 is 7.82 Å². The van der Waals surface area contributed by atoms with Gasteiger partial charge in [0.15, 0.2) is 5.82 Å². The van der Waals surface area contributed by atoms with Crippen LogP contribution in [0.1, 0.15) is 139 Å². The van der Waals surface area contributed by atoms with Crippen LogP contribution in [0.15, 0.2) is 36.7 Å². The monoisotopic (exact) mass is 858 g/mol. The maximum absolute atomic E-state index is 13.3. The van der Waals surface area contributed by atoms with Crippen LogP contribution in [-0.2, 0) is 34.4 Å². The molecule has 16 nitrogen and oxygen atoms in total. The van der Waals surface area contributed by atoms with Gasteiger partial charge in [0.25, 0.3) is 0 Å². The summed E-state index contributed by atoms with van der Waals surface area (Å²) in [4.78, 5) is 14.7. The van der Waals surface area contributed by atoms with Crippen molar-refractivity contribution in [3.05, 3.63) is 53.5 Å². The molecule has 2 heterocycles. The molecule has 60 heavy (non-hydrogen) atoms. The molecule has 3 aromatic rings. The number of hydrogen-bond donors (Lipinski definition) is 4. The first-order valence-electron chi connectivity index (χ1n) is 21.3. The smallest absolute Gasteiger partial charge is 0.472 e. The molecule has 0 amide bonds. The number of phosphoric acid groups is 1. The number of benzene rings is 1. The van der Waals surface area contributed by atoms with Gasteiger partial charge in [-0.25, -0.2) is 14.1 Å². The van der Waals surface area contributed by atoms with E-state index in [1.807, 2.05) is 6.07 Å². The van der Waals surface area contributed by atoms with Gasteiger partial charge in [0.1, 0.15) is 41.5 Å². The van der Waals surface area contributed by atoms with Gasteiger partial charge in [-0.2, -0.15) is 15.6 Å². The van der Waals surface area contributed by atoms with Crippen LogP contribution in [0, 0.1) is 22.7 Å². The molecular formula is C43H67N6O10P. The molecule has 0 fully saturated rings. The maximum atomic E-state index is 13.3. The van der Waals surface area contributed by atoms with Crippen molar-refractivity contribution in [2.24, 2.45) is 0 Å². The lowest BCUT2D eigenvalue weighted by atomic mass is 9.89. The molecule has 0 spiro atoms. The second kappa shape index (κ2) is 28.0. The Balaban J connectivity index is 1.50. The molecule has 0 aliphatic carbocycles. The number of phosphoric ester groups is 1. The molecule has 2 aromatic heterocycles. The molecule has 0 saturated heterocycles. The first-order valence-corrected chi connectivity index (χ1v) is 22.8. The minimum atomic E-state index is -4.88. The lowest BCUT2D eigenvalue weighted by Crippen LogP contribution is -2.51. The second-order valence-corrected chi connectivity index (χ2v) is 16.6. The van der Waals surface area contributed by atoms with E-state index >= 15 is 0 Å². The summed E-state index contributed by atoms with van der Waals surface area (Å²) in [5.41, 5.74) is 5.46. The van der Waals surface area contributed by atoms with Gasteiger partial charge in [-0.15, -0.1) is 0 Å². The van der Waals surface area contributed by atoms with Crippen molar-refractivity contribution in [1.82, 2.24) is 14.6 Å². The number of aliphatic hydroxyl groups is 2. The molecule has 0 radical (unpaired) electrons. The molecule has 3 rings (SSSR count). The average molecular weight is 859 g/mol. The molecule has 17 heteroatoms. The quantitative estimate of drug-likeness (QED) is 0.0330. The number of nitrogen functional groups attached to an aromatic ring is 1. The molecule has 334 valence electrons. The normalized spacial score (nSPS) is 15.1. The van der Waals surface area contributed by atoms with E-state index in [1.165, 1.54) is 115 Å². The summed E-state index contributed by atoms with van der Waals surface area (Å²) in [6, 6.07) is 11.9. The van der Waals surface area contributed by atoms with Gasteiger partial charge in [-0.05, 0) is 30.7 Å². The number of unbranched alkanes of at least 4 members (excludes halogenated alkanes) is 15. The Morgan fingerprint density at radius 2 is 1.52 bits per heavy atom. The number of hydrogen-bond acceptors (Lipinski definition) is 14. The molecule has 0 aliphatic heterocycles. The molecule has 5 atom stereocenters. The van der Waals surface area contributed by atoms with Gasteiger partial charge in [-0.1, -0.05) is 109 Å². The van der Waals surface area contributed by atoms with Gasteiger partial charge < -0.3 is 39.8 Å². The second-order valence-electron chi connectivity index (χ2n) is 15.2. The molecule has 0 aliphatic rings. The molecular weight excluding hydrogens is 791 g/mol. The highest BCUT2D eigenvalue weighted by Crippen LogP contribution is 2.46. The first-order chi connectivity index (χ1) is 29.0. The van der Waals surface area contributed by atoms with Crippen molar-refractivity contribution in [3.8, 4) is 17.9 Å². The maximum Gasteiger partial charge on any atom is 0.472 e. The Hall–Kier alpha value is -3.67. The first kappa shape index (κ1) is 50.7. The van der Waals surface area contributed by atoms with Gasteiger partial charge >= 0.3 is 7.82 Å². The molecule has 0 saturated carbocycles. The van der Waals surface area contributed by atoms with E-state index in [2.05, 4.69) is 23.1 Å². The van der Waals surface area contributed by atoms with E-state index in [9.17, 15) is 30.2 Å². The minimum Gasteiger partial charge on any atom is -0.496 e. The molecule has 1 unspecified atom stereocenters. The van der Waals surface area contributed by atoms with Crippen LogP contribution in [0.2, 0.25) is 0 Å². The topological polar surface area (TPSA) is 237 Å². The van der Waals surface area contributed by atoms with Gasteiger partial charge in [0.2, 0.25) is 0 Å². The van der Waals surface area contributed by atoms with Crippen LogP contribution in [0.5, 0.6) is 5.75 Å². The number of nitriles is 2. The zero-order valence-electron chi connectivity index (χ0n) is 35.7. The number of rotatable bonds is 34. The Morgan fingerprint density at radius 1 is 0.883 bits per heavy atom. The number of ether oxygens (including phenoxy) is 4. The van der Waals surface area contributed by atoms with E-state index in [1.54, 1.807) is 24.3 Å². The van der Waals surface area contributed by atoms with Crippen LogP contribution in [0.4, 0.5) is 5.82 Å². The highest BCUT2D eigenvalue weighted by molar-refractivity contribution is 7.47. The lowest BCUT2D eigenvalue weighted by molar-refractivity contribution is -0.162. The van der Waals surface area contributed by atoms with E-state index in [4.69, 9.17) is 33.7 Å². The molecule has 0 bridgehead atoms. The van der Waals surface area contributed by atoms with Crippen molar-refractivity contribution < 1.29 is 47.7 Å². The van der Waals surface area contributed by atoms with Crippen molar-refractivity contribution >= 4 is 19.2 Å². The number of aliphatic hydroxyl groups excluding tert-OH is 2. The number of nitrogens with two attached hydrogens (primary N) is 1. The van der Waals surface area contributed by atoms with Gasteiger partial charge in [-0.3, -0.25) is 9.05 Å². The SMILES string of the molecule is CCCCCCCCCCCCCCCCCCOC[C@H](COP(=O)(O)OC[C@@](CC#N)(OC)[C@@H](O)[C@@H](O)c1ccc2c(N)ncnn12)OCc1ccc(C#N)cc1OC. The Morgan fingerprint density at radius 3 is 2.10 bits per heavy atom. The predicted octanol–water partition coefficient (Wildman–Crippen LogP) is 7.88. The Labute approximate surface area is 355 Å². The summed E-state index contributed by atoms with van der Waals surface area (Å²) >= 11 is 0. The van der Waals surface area contributed by atoms with Crippen molar-refractivity contribution in [3.63, 3.8) is 0 Å². The lowest BCUT2D eigenvalue weighted by Gasteiger charge is -2.37. The number of fused-ring (bicyclic) bond motifs is 1. The van der Waals surface area contributed by atoms with Crippen LogP contribution in [0.25, 0.3) is 5.52 Å². The highest BCUT2D eigenvalue weighted by atomic mass is 31.2. The molecule has 5 N–H and O–H groups in total. The third kappa shape index (κ3) is 17.0. The minimum absolute atomic E-state index is 0.0198. The summed E-state index contributed by atoms with van der Waals surface area (Å²) in [5.74, 6) is 0.579. The third-order valence-corrected chi connectivity index (χ3v) is 11.6.